The van der Waals surface area contributed by atoms with E-state index in [1.54, 1.807) is 0 Å². The Balaban J connectivity index is 3.38. The minimum absolute atomic E-state index is 0.211. The van der Waals surface area contributed by atoms with Crippen molar-refractivity contribution in [2.45, 2.75) is 95.8 Å². The monoisotopic (exact) mass is 392 g/mol. The SMILES string of the molecule is CCCCCCCCCCCCCOC(=O)[C@H](C[Se])NC(C)=O. The van der Waals surface area contributed by atoms with Gasteiger partial charge >= 0.3 is 117 Å². The van der Waals surface area contributed by atoms with Crippen LogP contribution in [-0.4, -0.2) is 40.5 Å². The van der Waals surface area contributed by atoms with Crippen molar-refractivity contribution < 1.29 is 14.3 Å². The number of ether oxygens (including phenoxy) is 1. The van der Waals surface area contributed by atoms with E-state index in [1.165, 1.54) is 64.7 Å². The quantitative estimate of drug-likeness (QED) is 0.261. The molecule has 0 heterocycles. The second kappa shape index (κ2) is 16.3. The van der Waals surface area contributed by atoms with Crippen molar-refractivity contribution in [1.82, 2.24) is 5.32 Å². The summed E-state index contributed by atoms with van der Waals surface area (Å²) in [6.07, 6.45) is 14.0. The number of esters is 1. The number of carbonyl (C=O) groups is 2. The summed E-state index contributed by atoms with van der Waals surface area (Å²) >= 11 is 2.76. The molecule has 0 unspecified atom stereocenters. The van der Waals surface area contributed by atoms with E-state index in [-0.39, 0.29) is 11.9 Å². The number of unbranched alkanes of at least 4 members (excludes halogenated alkanes) is 10. The molecule has 135 valence electrons. The summed E-state index contributed by atoms with van der Waals surface area (Å²) in [5, 5.41) is 3.02. The molecule has 1 radical (unpaired) electrons. The minimum atomic E-state index is -0.555. The van der Waals surface area contributed by atoms with Crippen LogP contribution in [0.5, 0.6) is 0 Å². The Morgan fingerprint density at radius 1 is 0.913 bits per heavy atom. The number of hydrogen-bond donors (Lipinski definition) is 1. The molecule has 0 aromatic carbocycles. The van der Waals surface area contributed by atoms with Crippen molar-refractivity contribution in [1.29, 1.82) is 0 Å². The van der Waals surface area contributed by atoms with Crippen molar-refractivity contribution in [2.75, 3.05) is 6.61 Å². The van der Waals surface area contributed by atoms with Crippen LogP contribution in [0.2, 0.25) is 5.32 Å². The molecule has 0 saturated heterocycles. The molecule has 0 aromatic heterocycles. The summed E-state index contributed by atoms with van der Waals surface area (Å²) in [5.41, 5.74) is 0. The molecule has 1 atom stereocenters. The van der Waals surface area contributed by atoms with Crippen LogP contribution in [0.4, 0.5) is 0 Å². The maximum atomic E-state index is 11.7. The van der Waals surface area contributed by atoms with Crippen molar-refractivity contribution in [3.63, 3.8) is 0 Å². The molecule has 0 bridgehead atoms. The molecule has 0 rings (SSSR count). The van der Waals surface area contributed by atoms with Gasteiger partial charge in [0.2, 0.25) is 0 Å². The number of rotatable bonds is 15. The summed E-state index contributed by atoms with van der Waals surface area (Å²) < 4.78 is 5.20. The number of hydrogen-bond acceptors (Lipinski definition) is 3. The Labute approximate surface area is 150 Å². The van der Waals surface area contributed by atoms with Gasteiger partial charge in [0.05, 0.1) is 0 Å². The van der Waals surface area contributed by atoms with Gasteiger partial charge in [-0.15, -0.1) is 0 Å². The first-order valence-corrected chi connectivity index (χ1v) is 10.3. The van der Waals surface area contributed by atoms with Crippen LogP contribution in [0.1, 0.15) is 84.5 Å². The van der Waals surface area contributed by atoms with Crippen molar-refractivity contribution in [3.05, 3.63) is 0 Å². The first-order valence-electron chi connectivity index (χ1n) is 9.13. The van der Waals surface area contributed by atoms with Gasteiger partial charge in [-0.05, 0) is 0 Å². The average Bonchev–Trinajstić information content (AvgIpc) is 2.53. The third-order valence-electron chi connectivity index (χ3n) is 3.82. The van der Waals surface area contributed by atoms with Crippen molar-refractivity contribution in [2.24, 2.45) is 0 Å². The third kappa shape index (κ3) is 14.8. The molecule has 4 nitrogen and oxygen atoms in total. The number of nitrogens with one attached hydrogen (secondary N) is 1. The van der Waals surface area contributed by atoms with E-state index in [0.29, 0.717) is 11.9 Å². The maximum absolute atomic E-state index is 11.7. The van der Waals surface area contributed by atoms with E-state index in [9.17, 15) is 9.59 Å². The molecule has 0 aliphatic heterocycles. The van der Waals surface area contributed by atoms with Gasteiger partial charge in [0, 0.05) is 0 Å². The first-order chi connectivity index (χ1) is 11.1. The van der Waals surface area contributed by atoms with E-state index in [0.717, 1.165) is 12.8 Å². The second-order valence-corrected chi connectivity index (χ2v) is 6.82. The summed E-state index contributed by atoms with van der Waals surface area (Å²) in [6.45, 7) is 4.10. The molecule has 23 heavy (non-hydrogen) atoms. The van der Waals surface area contributed by atoms with Crippen LogP contribution in [0, 0.1) is 0 Å². The van der Waals surface area contributed by atoms with E-state index in [1.807, 2.05) is 0 Å². The van der Waals surface area contributed by atoms with Crippen molar-refractivity contribution in [3.8, 4) is 0 Å². The molecule has 1 N–H and O–H groups in total. The van der Waals surface area contributed by atoms with Gasteiger partial charge in [-0.3, -0.25) is 0 Å². The molecular formula is C18H34NO3Se. The molecule has 1 amide bonds. The molecule has 0 spiro atoms. The van der Waals surface area contributed by atoms with Gasteiger partial charge in [0.25, 0.3) is 0 Å². The van der Waals surface area contributed by atoms with Gasteiger partial charge in [-0.1, -0.05) is 32.6 Å². The van der Waals surface area contributed by atoms with Crippen LogP contribution < -0.4 is 5.32 Å². The van der Waals surface area contributed by atoms with Gasteiger partial charge in [0.1, 0.15) is 0 Å². The van der Waals surface area contributed by atoms with Crippen LogP contribution in [0.15, 0.2) is 0 Å². The zero-order chi connectivity index (χ0) is 17.3. The van der Waals surface area contributed by atoms with Gasteiger partial charge in [-0.2, -0.15) is 0 Å². The summed E-state index contributed by atoms with van der Waals surface area (Å²) in [5.74, 6) is -0.553. The van der Waals surface area contributed by atoms with Crippen molar-refractivity contribution >= 4 is 27.9 Å². The predicted molar refractivity (Wildman–Crippen MR) is 95.6 cm³/mol. The molecule has 0 aromatic rings. The van der Waals surface area contributed by atoms with Gasteiger partial charge in [0.15, 0.2) is 0 Å². The van der Waals surface area contributed by atoms with E-state index >= 15 is 0 Å². The fraction of sp³-hybridized carbons (Fsp3) is 0.889. The fourth-order valence-electron chi connectivity index (χ4n) is 2.45. The number of amides is 1. The van der Waals surface area contributed by atoms with E-state index in [4.69, 9.17) is 4.74 Å². The Hall–Kier alpha value is -0.541. The average molecular weight is 391 g/mol. The standard InChI is InChI=1S/C18H34NO3Se/c1-3-4-5-6-7-8-9-10-11-12-13-14-22-18(21)17(15-23)19-16(2)20/h17H,3-15H2,1-2H3,(H,19,20)/t17-/m0/s1. The molecule has 0 aliphatic rings. The predicted octanol–water partition coefficient (Wildman–Crippen LogP) is 3.93. The van der Waals surface area contributed by atoms with Gasteiger partial charge < -0.3 is 0 Å². The second-order valence-electron chi connectivity index (χ2n) is 6.12. The van der Waals surface area contributed by atoms with Gasteiger partial charge in [-0.25, -0.2) is 0 Å². The third-order valence-corrected chi connectivity index (χ3v) is 4.52. The topological polar surface area (TPSA) is 55.4 Å². The molecule has 0 aliphatic carbocycles. The Morgan fingerprint density at radius 3 is 1.83 bits per heavy atom. The normalized spacial score (nSPS) is 12.0. The summed E-state index contributed by atoms with van der Waals surface area (Å²) in [4.78, 5) is 22.7. The number of carbonyl (C=O) groups excluding carboxylic acids is 2. The molecule has 0 saturated carbocycles. The summed E-state index contributed by atoms with van der Waals surface area (Å²) in [7, 11) is 0. The molecule has 0 fully saturated rings. The Morgan fingerprint density at radius 2 is 1.39 bits per heavy atom. The Bertz CT molecular complexity index is 311. The Kier molecular flexibility index (Phi) is 15.9. The zero-order valence-corrected chi connectivity index (χ0v) is 16.6. The summed E-state index contributed by atoms with van der Waals surface area (Å²) in [6, 6.07) is -0.555. The van der Waals surface area contributed by atoms with E-state index in [2.05, 4.69) is 28.3 Å². The molecular weight excluding hydrogens is 357 g/mol. The van der Waals surface area contributed by atoms with Crippen LogP contribution in [0.25, 0.3) is 0 Å². The fourth-order valence-corrected chi connectivity index (χ4v) is 2.91. The van der Waals surface area contributed by atoms with Crippen LogP contribution in [-0.2, 0) is 14.3 Å². The zero-order valence-electron chi connectivity index (χ0n) is 14.9. The first kappa shape index (κ1) is 22.5. The molecule has 5 heteroatoms. The van der Waals surface area contributed by atoms with Crippen LogP contribution >= 0.6 is 0 Å². The van der Waals surface area contributed by atoms with Crippen LogP contribution in [0.3, 0.4) is 0 Å². The van der Waals surface area contributed by atoms with E-state index < -0.39 is 6.04 Å².